The van der Waals surface area contributed by atoms with Crippen molar-refractivity contribution >= 4 is 23.4 Å². The molecule has 5 nitrogen and oxygen atoms in total. The Kier molecular flexibility index (Phi) is 5.42. The molecule has 1 aliphatic rings. The molecule has 3 atom stereocenters. The Morgan fingerprint density at radius 3 is 2.32 bits per heavy atom. The third-order valence-electron chi connectivity index (χ3n) is 3.56. The van der Waals surface area contributed by atoms with Crippen LogP contribution < -0.4 is 5.32 Å². The minimum absolute atomic E-state index is 0.00636. The number of halogens is 1. The summed E-state index contributed by atoms with van der Waals surface area (Å²) < 4.78 is 5.61. The SMILES string of the molecule is CC1CN(C(=O)C(C)NC(=O)c2ccc(Cl)cc2)CC(C)O1. The summed E-state index contributed by atoms with van der Waals surface area (Å²) in [5, 5.41) is 3.29. The van der Waals surface area contributed by atoms with Crippen molar-refractivity contribution in [2.75, 3.05) is 13.1 Å². The summed E-state index contributed by atoms with van der Waals surface area (Å²) >= 11 is 5.80. The molecule has 0 aromatic heterocycles. The molecule has 2 amide bonds. The number of carbonyl (C=O) groups excluding carboxylic acids is 2. The van der Waals surface area contributed by atoms with Crippen molar-refractivity contribution in [2.45, 2.75) is 39.0 Å². The highest BCUT2D eigenvalue weighted by atomic mass is 35.5. The first kappa shape index (κ1) is 16.8. The highest BCUT2D eigenvalue weighted by Crippen LogP contribution is 2.13. The first-order chi connectivity index (χ1) is 10.4. The highest BCUT2D eigenvalue weighted by Gasteiger charge is 2.29. The first-order valence-electron chi connectivity index (χ1n) is 7.37. The molecule has 1 heterocycles. The van der Waals surface area contributed by atoms with Gasteiger partial charge >= 0.3 is 0 Å². The molecule has 2 rings (SSSR count). The molecule has 0 aliphatic carbocycles. The minimum atomic E-state index is -0.583. The van der Waals surface area contributed by atoms with Gasteiger partial charge in [-0.3, -0.25) is 9.59 Å². The van der Waals surface area contributed by atoms with Crippen molar-refractivity contribution in [3.63, 3.8) is 0 Å². The van der Waals surface area contributed by atoms with Crippen LogP contribution in [0.4, 0.5) is 0 Å². The number of hydrogen-bond donors (Lipinski definition) is 1. The second-order valence-electron chi connectivity index (χ2n) is 5.70. The van der Waals surface area contributed by atoms with E-state index < -0.39 is 6.04 Å². The van der Waals surface area contributed by atoms with E-state index in [0.717, 1.165) is 0 Å². The van der Waals surface area contributed by atoms with Gasteiger partial charge in [-0.05, 0) is 45.0 Å². The molecule has 6 heteroatoms. The van der Waals surface area contributed by atoms with E-state index in [-0.39, 0.29) is 24.0 Å². The summed E-state index contributed by atoms with van der Waals surface area (Å²) in [5.74, 6) is -0.379. The Balaban J connectivity index is 1.96. The lowest BCUT2D eigenvalue weighted by Crippen LogP contribution is -2.54. The van der Waals surface area contributed by atoms with Gasteiger partial charge in [0.2, 0.25) is 5.91 Å². The fourth-order valence-electron chi connectivity index (χ4n) is 2.57. The van der Waals surface area contributed by atoms with E-state index in [1.165, 1.54) is 0 Å². The van der Waals surface area contributed by atoms with Gasteiger partial charge in [-0.15, -0.1) is 0 Å². The van der Waals surface area contributed by atoms with Crippen LogP contribution in [-0.4, -0.2) is 48.1 Å². The van der Waals surface area contributed by atoms with Crippen LogP contribution in [0.5, 0.6) is 0 Å². The van der Waals surface area contributed by atoms with Gasteiger partial charge in [0.25, 0.3) is 5.91 Å². The molecule has 3 unspecified atom stereocenters. The number of carbonyl (C=O) groups is 2. The van der Waals surface area contributed by atoms with Gasteiger partial charge in [0.15, 0.2) is 0 Å². The van der Waals surface area contributed by atoms with Crippen LogP contribution in [-0.2, 0) is 9.53 Å². The number of morpholine rings is 1. The zero-order valence-corrected chi connectivity index (χ0v) is 13.8. The molecule has 22 heavy (non-hydrogen) atoms. The largest absolute Gasteiger partial charge is 0.372 e. The van der Waals surface area contributed by atoms with Crippen molar-refractivity contribution in [1.29, 1.82) is 0 Å². The minimum Gasteiger partial charge on any atom is -0.372 e. The highest BCUT2D eigenvalue weighted by molar-refractivity contribution is 6.30. The molecule has 0 radical (unpaired) electrons. The average Bonchev–Trinajstić information content (AvgIpc) is 2.46. The van der Waals surface area contributed by atoms with Crippen LogP contribution in [0.25, 0.3) is 0 Å². The molecule has 0 spiro atoms. The molecule has 0 bridgehead atoms. The Morgan fingerprint density at radius 2 is 1.77 bits per heavy atom. The zero-order valence-electron chi connectivity index (χ0n) is 13.0. The van der Waals surface area contributed by atoms with Gasteiger partial charge in [0, 0.05) is 23.7 Å². The van der Waals surface area contributed by atoms with Gasteiger partial charge in [-0.2, -0.15) is 0 Å². The van der Waals surface area contributed by atoms with Crippen LogP contribution in [0.2, 0.25) is 5.02 Å². The second-order valence-corrected chi connectivity index (χ2v) is 6.14. The van der Waals surface area contributed by atoms with Crippen molar-refractivity contribution in [3.05, 3.63) is 34.9 Å². The molecule has 1 N–H and O–H groups in total. The molecule has 1 aromatic rings. The maximum atomic E-state index is 12.4. The smallest absolute Gasteiger partial charge is 0.251 e. The molecular formula is C16H21ClN2O3. The monoisotopic (exact) mass is 324 g/mol. The van der Waals surface area contributed by atoms with Crippen molar-refractivity contribution < 1.29 is 14.3 Å². The average molecular weight is 325 g/mol. The van der Waals surface area contributed by atoms with E-state index in [9.17, 15) is 9.59 Å². The van der Waals surface area contributed by atoms with Crippen LogP contribution >= 0.6 is 11.6 Å². The van der Waals surface area contributed by atoms with Gasteiger partial charge in [0.05, 0.1) is 12.2 Å². The normalized spacial score (nSPS) is 23.0. The van der Waals surface area contributed by atoms with E-state index in [0.29, 0.717) is 23.7 Å². The van der Waals surface area contributed by atoms with Crippen molar-refractivity contribution in [2.24, 2.45) is 0 Å². The number of nitrogens with one attached hydrogen (secondary N) is 1. The predicted molar refractivity (Wildman–Crippen MR) is 85.0 cm³/mol. The molecule has 1 aromatic carbocycles. The van der Waals surface area contributed by atoms with Crippen molar-refractivity contribution in [1.82, 2.24) is 10.2 Å². The summed E-state index contributed by atoms with van der Waals surface area (Å²) in [6.45, 7) is 6.66. The topological polar surface area (TPSA) is 58.6 Å². The summed E-state index contributed by atoms with van der Waals surface area (Å²) in [6, 6.07) is 5.98. The molecule has 120 valence electrons. The Hall–Kier alpha value is -1.59. The number of benzene rings is 1. The van der Waals surface area contributed by atoms with Gasteiger partial charge < -0.3 is 15.0 Å². The number of hydrogen-bond acceptors (Lipinski definition) is 3. The number of nitrogens with zero attached hydrogens (tertiary/aromatic N) is 1. The van der Waals surface area contributed by atoms with E-state index >= 15 is 0 Å². The van der Waals surface area contributed by atoms with E-state index in [4.69, 9.17) is 16.3 Å². The Bertz CT molecular complexity index is 537. The van der Waals surface area contributed by atoms with E-state index in [1.807, 2.05) is 13.8 Å². The second kappa shape index (κ2) is 7.11. The lowest BCUT2D eigenvalue weighted by atomic mass is 10.1. The summed E-state index contributed by atoms with van der Waals surface area (Å²) in [6.07, 6.45) is 0.0127. The van der Waals surface area contributed by atoms with Gasteiger partial charge in [-0.1, -0.05) is 11.6 Å². The van der Waals surface area contributed by atoms with Crippen LogP contribution in [0.15, 0.2) is 24.3 Å². The number of ether oxygens (including phenoxy) is 1. The maximum absolute atomic E-state index is 12.4. The van der Waals surface area contributed by atoms with E-state index in [2.05, 4.69) is 5.32 Å². The lowest BCUT2D eigenvalue weighted by Gasteiger charge is -2.36. The molecule has 1 fully saturated rings. The Morgan fingerprint density at radius 1 is 1.23 bits per heavy atom. The summed E-state index contributed by atoms with van der Waals surface area (Å²) in [4.78, 5) is 26.3. The first-order valence-corrected chi connectivity index (χ1v) is 7.75. The summed E-state index contributed by atoms with van der Waals surface area (Å²) in [7, 11) is 0. The third kappa shape index (κ3) is 4.21. The van der Waals surface area contributed by atoms with Gasteiger partial charge in [-0.25, -0.2) is 0 Å². The quantitative estimate of drug-likeness (QED) is 0.926. The fourth-order valence-corrected chi connectivity index (χ4v) is 2.70. The van der Waals surface area contributed by atoms with Crippen LogP contribution in [0, 0.1) is 0 Å². The van der Waals surface area contributed by atoms with Crippen LogP contribution in [0.1, 0.15) is 31.1 Å². The van der Waals surface area contributed by atoms with Crippen LogP contribution in [0.3, 0.4) is 0 Å². The Labute approximate surface area is 135 Å². The zero-order chi connectivity index (χ0) is 16.3. The van der Waals surface area contributed by atoms with E-state index in [1.54, 1.807) is 36.1 Å². The predicted octanol–water partition coefficient (Wildman–Crippen LogP) is 2.09. The summed E-state index contributed by atoms with van der Waals surface area (Å²) in [5.41, 5.74) is 0.479. The fraction of sp³-hybridized carbons (Fsp3) is 0.500. The molecular weight excluding hydrogens is 304 g/mol. The van der Waals surface area contributed by atoms with Crippen molar-refractivity contribution in [3.8, 4) is 0 Å². The maximum Gasteiger partial charge on any atom is 0.251 e. The lowest BCUT2D eigenvalue weighted by molar-refractivity contribution is -0.144. The van der Waals surface area contributed by atoms with Gasteiger partial charge in [0.1, 0.15) is 6.04 Å². The molecule has 0 saturated carbocycles. The molecule has 1 aliphatic heterocycles. The standard InChI is InChI=1S/C16H21ClN2O3/c1-10-8-19(9-11(2)22-10)16(21)12(3)18-15(20)13-4-6-14(17)7-5-13/h4-7,10-12H,8-9H2,1-3H3,(H,18,20). The number of rotatable bonds is 3. The number of amides is 2. The third-order valence-corrected chi connectivity index (χ3v) is 3.81. The molecule has 1 saturated heterocycles.